The first-order valence-electron chi connectivity index (χ1n) is 6.63. The van der Waals surface area contributed by atoms with Gasteiger partial charge in [-0.1, -0.05) is 38.5 Å². The van der Waals surface area contributed by atoms with Crippen LogP contribution in [0.25, 0.3) is 0 Å². The highest BCUT2D eigenvalue weighted by atomic mass is 16.5. The summed E-state index contributed by atoms with van der Waals surface area (Å²) >= 11 is 0. The summed E-state index contributed by atoms with van der Waals surface area (Å²) in [5.74, 6) is 1.50. The normalized spacial score (nSPS) is 14.4. The second-order valence-corrected chi connectivity index (χ2v) is 4.44. The van der Waals surface area contributed by atoms with E-state index in [0.717, 1.165) is 12.4 Å². The summed E-state index contributed by atoms with van der Waals surface area (Å²) in [6.07, 6.45) is 2.39. The van der Waals surface area contributed by atoms with Gasteiger partial charge in [-0.15, -0.1) is 0 Å². The molecule has 0 aliphatic rings. The summed E-state index contributed by atoms with van der Waals surface area (Å²) in [5, 5.41) is 3.41. The molecule has 2 atom stereocenters. The van der Waals surface area contributed by atoms with Crippen molar-refractivity contribution in [3.05, 3.63) is 29.8 Å². The fourth-order valence-corrected chi connectivity index (χ4v) is 2.32. The molecule has 2 nitrogen and oxygen atoms in total. The molecule has 17 heavy (non-hydrogen) atoms. The zero-order valence-corrected chi connectivity index (χ0v) is 11.5. The maximum absolute atomic E-state index is 5.70. The standard InChI is InChI=1S/C15H25NO/c1-5-9-14(16-4)12(3)13-10-7-8-11-15(13)17-6-2/h7-8,10-12,14,16H,5-6,9H2,1-4H3. The number of hydrogen-bond acceptors (Lipinski definition) is 2. The molecule has 0 spiro atoms. The number of likely N-dealkylation sites (N-methyl/N-ethyl adjacent to an activating group) is 1. The van der Waals surface area contributed by atoms with Gasteiger partial charge in [0.1, 0.15) is 5.75 Å². The van der Waals surface area contributed by atoms with Crippen LogP contribution in [-0.2, 0) is 0 Å². The largest absolute Gasteiger partial charge is 0.494 e. The van der Waals surface area contributed by atoms with E-state index < -0.39 is 0 Å². The Hall–Kier alpha value is -1.02. The third-order valence-corrected chi connectivity index (χ3v) is 3.28. The van der Waals surface area contributed by atoms with Gasteiger partial charge in [-0.25, -0.2) is 0 Å². The van der Waals surface area contributed by atoms with Crippen molar-refractivity contribution in [3.63, 3.8) is 0 Å². The van der Waals surface area contributed by atoms with E-state index in [4.69, 9.17) is 4.74 Å². The molecule has 0 fully saturated rings. The minimum Gasteiger partial charge on any atom is -0.494 e. The van der Waals surface area contributed by atoms with Crippen molar-refractivity contribution in [2.75, 3.05) is 13.7 Å². The van der Waals surface area contributed by atoms with E-state index in [9.17, 15) is 0 Å². The molecule has 1 aromatic carbocycles. The Bertz CT molecular complexity index is 324. The third-order valence-electron chi connectivity index (χ3n) is 3.28. The van der Waals surface area contributed by atoms with Crippen LogP contribution in [0.5, 0.6) is 5.75 Å². The second kappa shape index (κ2) is 7.33. The Balaban J connectivity index is 2.89. The van der Waals surface area contributed by atoms with Crippen molar-refractivity contribution in [2.45, 2.75) is 45.6 Å². The monoisotopic (exact) mass is 235 g/mol. The maximum atomic E-state index is 5.70. The summed E-state index contributed by atoms with van der Waals surface area (Å²) < 4.78 is 5.70. The Morgan fingerprint density at radius 3 is 2.53 bits per heavy atom. The lowest BCUT2D eigenvalue weighted by molar-refractivity contribution is 0.329. The highest BCUT2D eigenvalue weighted by Gasteiger charge is 2.19. The van der Waals surface area contributed by atoms with Crippen molar-refractivity contribution >= 4 is 0 Å². The lowest BCUT2D eigenvalue weighted by atomic mass is 9.90. The summed E-state index contributed by atoms with van der Waals surface area (Å²) in [7, 11) is 2.04. The molecule has 0 radical (unpaired) electrons. The SMILES string of the molecule is CCCC(NC)C(C)c1ccccc1OCC. The van der Waals surface area contributed by atoms with Gasteiger partial charge >= 0.3 is 0 Å². The van der Waals surface area contributed by atoms with E-state index in [1.807, 2.05) is 20.0 Å². The fourth-order valence-electron chi connectivity index (χ4n) is 2.32. The van der Waals surface area contributed by atoms with E-state index in [1.165, 1.54) is 18.4 Å². The zero-order valence-electron chi connectivity index (χ0n) is 11.5. The van der Waals surface area contributed by atoms with Crippen LogP contribution in [0.2, 0.25) is 0 Å². The van der Waals surface area contributed by atoms with Crippen molar-refractivity contribution in [1.82, 2.24) is 5.32 Å². The molecule has 2 heteroatoms. The molecular formula is C15H25NO. The van der Waals surface area contributed by atoms with Crippen LogP contribution >= 0.6 is 0 Å². The highest BCUT2D eigenvalue weighted by Crippen LogP contribution is 2.30. The minimum absolute atomic E-state index is 0.475. The third kappa shape index (κ3) is 3.74. The van der Waals surface area contributed by atoms with E-state index in [1.54, 1.807) is 0 Å². The van der Waals surface area contributed by atoms with Crippen LogP contribution in [0.4, 0.5) is 0 Å². The fraction of sp³-hybridized carbons (Fsp3) is 0.600. The van der Waals surface area contributed by atoms with Gasteiger partial charge in [0, 0.05) is 12.0 Å². The van der Waals surface area contributed by atoms with Gasteiger partial charge in [0.2, 0.25) is 0 Å². The van der Waals surface area contributed by atoms with Crippen LogP contribution in [-0.4, -0.2) is 19.7 Å². The molecule has 0 saturated heterocycles. The summed E-state index contributed by atoms with van der Waals surface area (Å²) in [4.78, 5) is 0. The van der Waals surface area contributed by atoms with Gasteiger partial charge in [-0.3, -0.25) is 0 Å². The van der Waals surface area contributed by atoms with Crippen molar-refractivity contribution < 1.29 is 4.74 Å². The van der Waals surface area contributed by atoms with Crippen LogP contribution in [0.15, 0.2) is 24.3 Å². The van der Waals surface area contributed by atoms with E-state index in [0.29, 0.717) is 12.0 Å². The topological polar surface area (TPSA) is 21.3 Å². The molecule has 0 bridgehead atoms. The predicted octanol–water partition coefficient (Wildman–Crippen LogP) is 3.58. The number of nitrogens with one attached hydrogen (secondary N) is 1. The Morgan fingerprint density at radius 1 is 1.24 bits per heavy atom. The van der Waals surface area contributed by atoms with Crippen molar-refractivity contribution in [2.24, 2.45) is 0 Å². The molecular weight excluding hydrogens is 210 g/mol. The lowest BCUT2D eigenvalue weighted by Gasteiger charge is -2.25. The van der Waals surface area contributed by atoms with E-state index in [-0.39, 0.29) is 0 Å². The number of benzene rings is 1. The molecule has 96 valence electrons. The van der Waals surface area contributed by atoms with Crippen molar-refractivity contribution in [3.8, 4) is 5.75 Å². The predicted molar refractivity (Wildman–Crippen MR) is 73.8 cm³/mol. The maximum Gasteiger partial charge on any atom is 0.122 e. The van der Waals surface area contributed by atoms with Gasteiger partial charge < -0.3 is 10.1 Å². The Morgan fingerprint density at radius 2 is 1.94 bits per heavy atom. The molecule has 1 rings (SSSR count). The summed E-state index contributed by atoms with van der Waals surface area (Å²) in [5.41, 5.74) is 1.31. The number of rotatable bonds is 7. The van der Waals surface area contributed by atoms with E-state index in [2.05, 4.69) is 37.4 Å². The van der Waals surface area contributed by atoms with Gasteiger partial charge in [-0.2, -0.15) is 0 Å². The first-order chi connectivity index (χ1) is 8.24. The van der Waals surface area contributed by atoms with Crippen LogP contribution in [0.1, 0.15) is 45.1 Å². The quantitative estimate of drug-likeness (QED) is 0.780. The lowest BCUT2D eigenvalue weighted by Crippen LogP contribution is -2.30. The number of hydrogen-bond donors (Lipinski definition) is 1. The van der Waals surface area contributed by atoms with Gasteiger partial charge in [0.05, 0.1) is 6.61 Å². The highest BCUT2D eigenvalue weighted by molar-refractivity contribution is 5.36. The van der Waals surface area contributed by atoms with Gasteiger partial charge in [0.15, 0.2) is 0 Å². The van der Waals surface area contributed by atoms with Crippen LogP contribution in [0, 0.1) is 0 Å². The zero-order chi connectivity index (χ0) is 12.7. The Kier molecular flexibility index (Phi) is 6.06. The van der Waals surface area contributed by atoms with Crippen molar-refractivity contribution in [1.29, 1.82) is 0 Å². The smallest absolute Gasteiger partial charge is 0.122 e. The molecule has 0 aromatic heterocycles. The van der Waals surface area contributed by atoms with E-state index >= 15 is 0 Å². The first-order valence-corrected chi connectivity index (χ1v) is 6.63. The molecule has 2 unspecified atom stereocenters. The molecule has 1 N–H and O–H groups in total. The molecule has 0 aliphatic carbocycles. The molecule has 0 amide bonds. The van der Waals surface area contributed by atoms with Gasteiger partial charge in [-0.05, 0) is 32.0 Å². The average Bonchev–Trinajstić information content (AvgIpc) is 2.36. The number of para-hydroxylation sites is 1. The summed E-state index contributed by atoms with van der Waals surface area (Å²) in [6, 6.07) is 8.88. The van der Waals surface area contributed by atoms with Gasteiger partial charge in [0.25, 0.3) is 0 Å². The first kappa shape index (κ1) is 14.0. The average molecular weight is 235 g/mol. The Labute approximate surface area is 105 Å². The molecule has 0 saturated carbocycles. The summed E-state index contributed by atoms with van der Waals surface area (Å²) in [6.45, 7) is 7.25. The minimum atomic E-state index is 0.475. The number of ether oxygens (including phenoxy) is 1. The molecule has 1 aromatic rings. The second-order valence-electron chi connectivity index (χ2n) is 4.44. The van der Waals surface area contributed by atoms with Crippen LogP contribution in [0.3, 0.4) is 0 Å². The van der Waals surface area contributed by atoms with Crippen LogP contribution < -0.4 is 10.1 Å². The molecule has 0 aliphatic heterocycles. The molecule has 0 heterocycles.